The maximum atomic E-state index is 11.8. The maximum Gasteiger partial charge on any atom is 0.250 e. The molecule has 26 heavy (non-hydrogen) atoms. The normalized spacial score (nSPS) is 19.1. The largest absolute Gasteiger partial charge is 0.375 e. The molecule has 1 aliphatic carbocycles. The van der Waals surface area contributed by atoms with Crippen LogP contribution >= 0.6 is 0 Å². The van der Waals surface area contributed by atoms with Gasteiger partial charge >= 0.3 is 0 Å². The van der Waals surface area contributed by atoms with Crippen molar-refractivity contribution in [1.29, 1.82) is 0 Å². The van der Waals surface area contributed by atoms with Crippen molar-refractivity contribution < 1.29 is 9.53 Å². The molecular weight excluding hydrogens is 332 g/mol. The summed E-state index contributed by atoms with van der Waals surface area (Å²) in [6.45, 7) is 1.96. The molecule has 1 spiro atoms. The molecule has 0 saturated heterocycles. The lowest BCUT2D eigenvalue weighted by atomic mass is 9.87. The Hall–Kier alpha value is -2.61. The molecule has 1 aromatic rings. The number of benzene rings is 1. The Morgan fingerprint density at radius 1 is 1.31 bits per heavy atom. The van der Waals surface area contributed by atoms with Gasteiger partial charge in [0.15, 0.2) is 0 Å². The quantitative estimate of drug-likeness (QED) is 0.757. The number of aryl methyl sites for hydroxylation is 1. The number of ether oxygens (including phenoxy) is 1. The predicted molar refractivity (Wildman–Crippen MR) is 103 cm³/mol. The summed E-state index contributed by atoms with van der Waals surface area (Å²) in [4.78, 5) is 22.6. The van der Waals surface area contributed by atoms with Gasteiger partial charge < -0.3 is 21.5 Å². The second-order valence-electron chi connectivity index (χ2n) is 6.80. The number of nitrogens with one attached hydrogen (secondary N) is 1. The topological polar surface area (TPSA) is 118 Å². The molecule has 1 fully saturated rings. The maximum absolute atomic E-state index is 11.8. The summed E-state index contributed by atoms with van der Waals surface area (Å²) in [6, 6.07) is 5.77. The van der Waals surface area contributed by atoms with Gasteiger partial charge in [0.2, 0.25) is 17.8 Å². The van der Waals surface area contributed by atoms with E-state index in [2.05, 4.69) is 15.3 Å². The zero-order valence-electron chi connectivity index (χ0n) is 15.3. The van der Waals surface area contributed by atoms with Gasteiger partial charge in [0.1, 0.15) is 12.3 Å². The minimum absolute atomic E-state index is 0.0179. The van der Waals surface area contributed by atoms with E-state index in [1.165, 1.54) is 13.5 Å². The average Bonchev–Trinajstić information content (AvgIpc) is 2.57. The van der Waals surface area contributed by atoms with Crippen LogP contribution in [0.25, 0.3) is 0 Å². The van der Waals surface area contributed by atoms with E-state index in [9.17, 15) is 4.79 Å². The number of carbonyl (C=O) groups is 1. The molecule has 2 aliphatic rings. The van der Waals surface area contributed by atoms with Gasteiger partial charge in [0, 0.05) is 18.5 Å². The monoisotopic (exact) mass is 358 g/mol. The van der Waals surface area contributed by atoms with E-state index in [0.717, 1.165) is 42.6 Å². The van der Waals surface area contributed by atoms with Gasteiger partial charge in [0.25, 0.3) is 0 Å². The van der Waals surface area contributed by atoms with Gasteiger partial charge in [-0.3, -0.25) is 9.69 Å². The SMILES string of the molecule is COCC(=O)Nc1ccc(N2C(N)=NC(N)=NC23CCCCC3)cc1C. The number of rotatable bonds is 4. The van der Waals surface area contributed by atoms with Gasteiger partial charge in [0.05, 0.1) is 0 Å². The van der Waals surface area contributed by atoms with E-state index in [0.29, 0.717) is 5.96 Å². The van der Waals surface area contributed by atoms with Crippen LogP contribution in [0.5, 0.6) is 0 Å². The van der Waals surface area contributed by atoms with Crippen molar-refractivity contribution in [2.45, 2.75) is 44.7 Å². The lowest BCUT2D eigenvalue weighted by Gasteiger charge is -2.45. The number of nitrogens with two attached hydrogens (primary N) is 2. The molecule has 3 rings (SSSR count). The third-order valence-electron chi connectivity index (χ3n) is 4.87. The van der Waals surface area contributed by atoms with Crippen LogP contribution in [0, 0.1) is 6.92 Å². The molecule has 8 heteroatoms. The molecule has 1 aromatic carbocycles. The van der Waals surface area contributed by atoms with Crippen molar-refractivity contribution in [1.82, 2.24) is 0 Å². The Labute approximate surface area is 153 Å². The lowest BCUT2D eigenvalue weighted by molar-refractivity contribution is -0.119. The zero-order valence-corrected chi connectivity index (χ0v) is 15.3. The smallest absolute Gasteiger partial charge is 0.250 e. The van der Waals surface area contributed by atoms with Crippen LogP contribution in [0.2, 0.25) is 0 Å². The number of hydrogen-bond acceptors (Lipinski definition) is 7. The molecule has 0 radical (unpaired) electrons. The highest BCUT2D eigenvalue weighted by Gasteiger charge is 2.42. The zero-order chi connectivity index (χ0) is 18.7. The fraction of sp³-hybridized carbons (Fsp3) is 0.500. The van der Waals surface area contributed by atoms with E-state index in [4.69, 9.17) is 16.2 Å². The summed E-state index contributed by atoms with van der Waals surface area (Å²) in [7, 11) is 1.49. The Morgan fingerprint density at radius 3 is 2.69 bits per heavy atom. The van der Waals surface area contributed by atoms with Gasteiger partial charge in [-0.15, -0.1) is 0 Å². The van der Waals surface area contributed by atoms with Crippen molar-refractivity contribution >= 4 is 29.2 Å². The van der Waals surface area contributed by atoms with E-state index < -0.39 is 5.66 Å². The Morgan fingerprint density at radius 2 is 2.04 bits per heavy atom. The van der Waals surface area contributed by atoms with Gasteiger partial charge in [-0.25, -0.2) is 4.99 Å². The first-order chi connectivity index (χ1) is 12.4. The third kappa shape index (κ3) is 3.50. The fourth-order valence-corrected chi connectivity index (χ4v) is 3.74. The summed E-state index contributed by atoms with van der Waals surface area (Å²) >= 11 is 0. The highest BCUT2D eigenvalue weighted by atomic mass is 16.5. The molecule has 0 aromatic heterocycles. The second-order valence-corrected chi connectivity index (χ2v) is 6.80. The van der Waals surface area contributed by atoms with E-state index in [1.807, 2.05) is 30.0 Å². The van der Waals surface area contributed by atoms with Crippen LogP contribution < -0.4 is 21.7 Å². The Bertz CT molecular complexity index is 752. The molecular formula is C18H26N6O2. The van der Waals surface area contributed by atoms with Gasteiger partial charge in [-0.1, -0.05) is 6.42 Å². The minimum Gasteiger partial charge on any atom is -0.375 e. The number of methoxy groups -OCH3 is 1. The van der Waals surface area contributed by atoms with E-state index >= 15 is 0 Å². The number of hydrogen-bond donors (Lipinski definition) is 3. The first-order valence-electron chi connectivity index (χ1n) is 8.84. The van der Waals surface area contributed by atoms with Crippen molar-refractivity contribution in [3.8, 4) is 0 Å². The fourth-order valence-electron chi connectivity index (χ4n) is 3.74. The first kappa shape index (κ1) is 18.2. The Kier molecular flexibility index (Phi) is 5.13. The van der Waals surface area contributed by atoms with Gasteiger partial charge in [-0.2, -0.15) is 4.99 Å². The first-order valence-corrected chi connectivity index (χ1v) is 8.84. The molecule has 0 atom stereocenters. The molecule has 5 N–H and O–H groups in total. The van der Waals surface area contributed by atoms with Crippen LogP contribution in [0.4, 0.5) is 11.4 Å². The summed E-state index contributed by atoms with van der Waals surface area (Å²) < 4.78 is 4.85. The molecule has 1 saturated carbocycles. The summed E-state index contributed by atoms with van der Waals surface area (Å²) in [6.07, 6.45) is 5.10. The van der Waals surface area contributed by atoms with Crippen molar-refractivity contribution in [2.24, 2.45) is 21.5 Å². The Balaban J connectivity index is 1.92. The number of amides is 1. The highest BCUT2D eigenvalue weighted by molar-refractivity contribution is 6.05. The second kappa shape index (κ2) is 7.33. The summed E-state index contributed by atoms with van der Waals surface area (Å²) in [5.41, 5.74) is 14.2. The molecule has 1 amide bonds. The van der Waals surface area contributed by atoms with E-state index in [-0.39, 0.29) is 18.5 Å². The molecule has 0 bridgehead atoms. The van der Waals surface area contributed by atoms with Crippen LogP contribution in [0.3, 0.4) is 0 Å². The van der Waals surface area contributed by atoms with E-state index in [1.54, 1.807) is 0 Å². The van der Waals surface area contributed by atoms with Crippen LogP contribution in [0.15, 0.2) is 28.2 Å². The van der Waals surface area contributed by atoms with Crippen LogP contribution in [-0.4, -0.2) is 37.2 Å². The lowest BCUT2D eigenvalue weighted by Crippen LogP contribution is -2.58. The van der Waals surface area contributed by atoms with Gasteiger partial charge in [-0.05, 0) is 56.4 Å². The van der Waals surface area contributed by atoms with Crippen LogP contribution in [0.1, 0.15) is 37.7 Å². The highest BCUT2D eigenvalue weighted by Crippen LogP contribution is 2.40. The summed E-state index contributed by atoms with van der Waals surface area (Å²) in [5.74, 6) is 0.402. The van der Waals surface area contributed by atoms with Crippen molar-refractivity contribution in [3.63, 3.8) is 0 Å². The number of nitrogens with zero attached hydrogens (tertiary/aromatic N) is 3. The third-order valence-corrected chi connectivity index (χ3v) is 4.87. The number of guanidine groups is 2. The predicted octanol–water partition coefficient (Wildman–Crippen LogP) is 1.69. The minimum atomic E-state index is -0.471. The van der Waals surface area contributed by atoms with Crippen molar-refractivity contribution in [2.75, 3.05) is 23.9 Å². The van der Waals surface area contributed by atoms with Crippen molar-refractivity contribution in [3.05, 3.63) is 23.8 Å². The number of aliphatic imine (C=N–C) groups is 2. The molecule has 0 unspecified atom stereocenters. The molecule has 140 valence electrons. The van der Waals surface area contributed by atoms with Crippen LogP contribution in [-0.2, 0) is 9.53 Å². The number of carbonyl (C=O) groups excluding carboxylic acids is 1. The standard InChI is InChI=1S/C18H26N6O2/c1-12-10-13(6-7-14(12)21-15(25)11-26-2)24-17(20)22-16(19)23-18(24)8-4-3-5-9-18/h6-7,10H,3-5,8-9,11H2,1-2H3,(H,21,25)(H4,19,20,22,23). The average molecular weight is 358 g/mol. The summed E-state index contributed by atoms with van der Waals surface area (Å²) in [5, 5.41) is 2.84. The number of anilines is 2. The molecule has 1 aliphatic heterocycles. The molecule has 1 heterocycles. The molecule has 8 nitrogen and oxygen atoms in total.